The predicted octanol–water partition coefficient (Wildman–Crippen LogP) is 3.37. The lowest BCUT2D eigenvalue weighted by Gasteiger charge is -2.07. The van der Waals surface area contributed by atoms with Gasteiger partial charge in [0.1, 0.15) is 0 Å². The number of halogens is 1. The Morgan fingerprint density at radius 1 is 0.917 bits per heavy atom. The summed E-state index contributed by atoms with van der Waals surface area (Å²) in [5.41, 5.74) is 0.527. The van der Waals surface area contributed by atoms with Crippen LogP contribution in [0.4, 0.5) is 0 Å². The van der Waals surface area contributed by atoms with Gasteiger partial charge in [-0.15, -0.1) is 11.8 Å². The van der Waals surface area contributed by atoms with Gasteiger partial charge in [0, 0.05) is 40.7 Å². The lowest BCUT2D eigenvalue weighted by molar-refractivity contribution is -0.120. The number of nitrogens with one attached hydrogen (secondary N) is 2. The number of hydrogen-bond acceptors (Lipinski definition) is 3. The van der Waals surface area contributed by atoms with Gasteiger partial charge in [-0.3, -0.25) is 9.59 Å². The van der Waals surface area contributed by atoms with Crippen LogP contribution in [0.25, 0.3) is 0 Å². The number of thioether (sulfide) groups is 1. The molecular weight excluding hydrogens is 344 g/mol. The molecule has 0 saturated carbocycles. The van der Waals surface area contributed by atoms with Gasteiger partial charge in [-0.2, -0.15) is 0 Å². The molecule has 126 valence electrons. The molecule has 0 radical (unpaired) electrons. The molecule has 0 aliphatic heterocycles. The zero-order valence-electron chi connectivity index (χ0n) is 13.1. The lowest BCUT2D eigenvalue weighted by Crippen LogP contribution is -2.31. The van der Waals surface area contributed by atoms with E-state index in [1.165, 1.54) is 4.90 Å². The molecule has 0 aliphatic carbocycles. The highest BCUT2D eigenvalue weighted by Gasteiger charge is 2.06. The molecular formula is C18H19ClN2O2S. The van der Waals surface area contributed by atoms with Crippen molar-refractivity contribution in [3.63, 3.8) is 0 Å². The summed E-state index contributed by atoms with van der Waals surface area (Å²) >= 11 is 7.47. The summed E-state index contributed by atoms with van der Waals surface area (Å²) < 4.78 is 0. The second kappa shape index (κ2) is 10.0. The van der Waals surface area contributed by atoms with Crippen LogP contribution >= 0.6 is 23.4 Å². The molecule has 2 aromatic carbocycles. The van der Waals surface area contributed by atoms with Crippen LogP contribution in [-0.4, -0.2) is 30.7 Å². The van der Waals surface area contributed by atoms with E-state index in [9.17, 15) is 9.59 Å². The molecule has 2 aromatic rings. The maximum Gasteiger partial charge on any atom is 0.251 e. The van der Waals surface area contributed by atoms with Crippen LogP contribution in [0.2, 0.25) is 5.02 Å². The number of benzene rings is 2. The first-order chi connectivity index (χ1) is 11.6. The zero-order valence-corrected chi connectivity index (χ0v) is 14.7. The van der Waals surface area contributed by atoms with E-state index in [0.717, 1.165) is 5.75 Å². The van der Waals surface area contributed by atoms with Crippen LogP contribution in [0.1, 0.15) is 16.8 Å². The molecule has 4 nitrogen and oxygen atoms in total. The van der Waals surface area contributed by atoms with Gasteiger partial charge in [0.15, 0.2) is 0 Å². The third-order valence-corrected chi connectivity index (χ3v) is 4.45. The van der Waals surface area contributed by atoms with Crippen LogP contribution < -0.4 is 10.6 Å². The second-order valence-electron chi connectivity index (χ2n) is 5.02. The van der Waals surface area contributed by atoms with Crippen molar-refractivity contribution in [1.82, 2.24) is 10.6 Å². The molecule has 0 aromatic heterocycles. The zero-order chi connectivity index (χ0) is 17.2. The van der Waals surface area contributed by atoms with E-state index in [1.54, 1.807) is 36.0 Å². The van der Waals surface area contributed by atoms with Gasteiger partial charge in [-0.25, -0.2) is 0 Å². The van der Waals surface area contributed by atoms with Gasteiger partial charge in [0.2, 0.25) is 5.91 Å². The summed E-state index contributed by atoms with van der Waals surface area (Å²) in [6.45, 7) is 0.905. The van der Waals surface area contributed by atoms with Crippen molar-refractivity contribution in [2.24, 2.45) is 0 Å². The first-order valence-corrected chi connectivity index (χ1v) is 9.00. The van der Waals surface area contributed by atoms with Crippen LogP contribution in [0.3, 0.4) is 0 Å². The normalized spacial score (nSPS) is 10.2. The largest absolute Gasteiger partial charge is 0.355 e. The molecule has 2 rings (SSSR count). The summed E-state index contributed by atoms with van der Waals surface area (Å²) in [4.78, 5) is 24.8. The molecule has 0 atom stereocenters. The van der Waals surface area contributed by atoms with Crippen molar-refractivity contribution < 1.29 is 9.59 Å². The molecule has 6 heteroatoms. The maximum atomic E-state index is 11.9. The third kappa shape index (κ3) is 6.64. The average Bonchev–Trinajstić information content (AvgIpc) is 2.60. The van der Waals surface area contributed by atoms with E-state index in [2.05, 4.69) is 10.6 Å². The summed E-state index contributed by atoms with van der Waals surface area (Å²) in [6.07, 6.45) is 0.259. The average molecular weight is 363 g/mol. The first-order valence-electron chi connectivity index (χ1n) is 7.63. The molecule has 0 fully saturated rings. The number of rotatable bonds is 8. The highest BCUT2D eigenvalue weighted by molar-refractivity contribution is 7.99. The van der Waals surface area contributed by atoms with Crippen LogP contribution in [-0.2, 0) is 4.79 Å². The highest BCUT2D eigenvalue weighted by Crippen LogP contribution is 2.15. The third-order valence-electron chi connectivity index (χ3n) is 3.18. The van der Waals surface area contributed by atoms with Gasteiger partial charge >= 0.3 is 0 Å². The predicted molar refractivity (Wildman–Crippen MR) is 98.6 cm³/mol. The quantitative estimate of drug-likeness (QED) is 0.559. The fourth-order valence-corrected chi connectivity index (χ4v) is 2.87. The molecule has 24 heavy (non-hydrogen) atoms. The van der Waals surface area contributed by atoms with Crippen molar-refractivity contribution in [2.45, 2.75) is 11.3 Å². The number of carbonyl (C=O) groups excluding carboxylic acids is 2. The highest BCUT2D eigenvalue weighted by atomic mass is 35.5. The van der Waals surface area contributed by atoms with Gasteiger partial charge < -0.3 is 10.6 Å². The Balaban J connectivity index is 1.58. The lowest BCUT2D eigenvalue weighted by atomic mass is 10.2. The molecule has 2 N–H and O–H groups in total. The molecule has 0 aliphatic rings. The minimum atomic E-state index is -0.209. The Hall–Kier alpha value is -1.98. The Morgan fingerprint density at radius 3 is 2.33 bits per heavy atom. The van der Waals surface area contributed by atoms with Crippen molar-refractivity contribution in [1.29, 1.82) is 0 Å². The summed E-state index contributed by atoms with van der Waals surface area (Å²) in [5, 5.41) is 6.15. The molecule has 0 saturated heterocycles. The van der Waals surface area contributed by atoms with Gasteiger partial charge in [-0.1, -0.05) is 29.8 Å². The summed E-state index contributed by atoms with van der Waals surface area (Å²) in [7, 11) is 0. The van der Waals surface area contributed by atoms with E-state index in [0.29, 0.717) is 23.7 Å². The maximum absolute atomic E-state index is 11.9. The number of hydrogen-bond donors (Lipinski definition) is 2. The fourth-order valence-electron chi connectivity index (χ4n) is 1.96. The van der Waals surface area contributed by atoms with E-state index in [-0.39, 0.29) is 18.2 Å². The smallest absolute Gasteiger partial charge is 0.251 e. The molecule has 0 heterocycles. The number of carbonyl (C=O) groups is 2. The fraction of sp³-hybridized carbons (Fsp3) is 0.222. The number of amides is 2. The van der Waals surface area contributed by atoms with Crippen LogP contribution in [0.15, 0.2) is 59.5 Å². The first kappa shape index (κ1) is 18.4. The van der Waals surface area contributed by atoms with Gasteiger partial charge in [-0.05, 0) is 36.4 Å². The van der Waals surface area contributed by atoms with Gasteiger partial charge in [0.05, 0.1) is 0 Å². The van der Waals surface area contributed by atoms with Crippen molar-refractivity contribution in [3.8, 4) is 0 Å². The van der Waals surface area contributed by atoms with Gasteiger partial charge in [0.25, 0.3) is 5.91 Å². The molecule has 2 amide bonds. The topological polar surface area (TPSA) is 58.2 Å². The van der Waals surface area contributed by atoms with Crippen molar-refractivity contribution in [2.75, 3.05) is 18.8 Å². The minimum Gasteiger partial charge on any atom is -0.355 e. The molecule has 0 spiro atoms. The monoisotopic (exact) mass is 362 g/mol. The molecule has 0 bridgehead atoms. The van der Waals surface area contributed by atoms with E-state index < -0.39 is 0 Å². The summed E-state index contributed by atoms with van der Waals surface area (Å²) in [6, 6.07) is 16.7. The van der Waals surface area contributed by atoms with E-state index in [4.69, 9.17) is 11.6 Å². The van der Waals surface area contributed by atoms with E-state index >= 15 is 0 Å². The Kier molecular flexibility index (Phi) is 7.65. The Labute approximate surface area is 151 Å². The van der Waals surface area contributed by atoms with Crippen LogP contribution in [0.5, 0.6) is 0 Å². The van der Waals surface area contributed by atoms with Crippen LogP contribution in [0, 0.1) is 0 Å². The SMILES string of the molecule is O=C(CCNC(=O)c1ccc(Cl)cc1)NCCSc1ccccc1. The Morgan fingerprint density at radius 2 is 1.62 bits per heavy atom. The summed E-state index contributed by atoms with van der Waals surface area (Å²) in [5.74, 6) is 0.534. The minimum absolute atomic E-state index is 0.0694. The van der Waals surface area contributed by atoms with E-state index in [1.807, 2.05) is 30.3 Å². The Bertz CT molecular complexity index is 662. The molecule has 0 unspecified atom stereocenters. The standard InChI is InChI=1S/C18H19ClN2O2S/c19-15-8-6-14(7-9-15)18(23)21-11-10-17(22)20-12-13-24-16-4-2-1-3-5-16/h1-9H,10-13H2,(H,20,22)(H,21,23). The van der Waals surface area contributed by atoms with Crippen molar-refractivity contribution in [3.05, 3.63) is 65.2 Å². The van der Waals surface area contributed by atoms with Crippen molar-refractivity contribution >= 4 is 35.2 Å². The second-order valence-corrected chi connectivity index (χ2v) is 6.63.